The first-order chi connectivity index (χ1) is 18.2. The number of aryl methyl sites for hydroxylation is 1. The normalized spacial score (nSPS) is 19.1. The number of hydrogen-bond acceptors (Lipinski definition) is 6. The number of hydrogen-bond donors (Lipinski definition) is 2. The van der Waals surface area contributed by atoms with Gasteiger partial charge in [0.05, 0.1) is 43.1 Å². The van der Waals surface area contributed by atoms with Gasteiger partial charge < -0.3 is 15.2 Å². The average Bonchev–Trinajstić information content (AvgIpc) is 2.91. The summed E-state index contributed by atoms with van der Waals surface area (Å²) in [5.41, 5.74) is 2.20. The highest BCUT2D eigenvalue weighted by Crippen LogP contribution is 2.44. The number of alkyl halides is 3. The minimum absolute atomic E-state index is 0.0781. The number of nitrogens with one attached hydrogen (secondary N) is 1. The Bertz CT molecular complexity index is 1390. The maximum absolute atomic E-state index is 13.1. The van der Waals surface area contributed by atoms with E-state index >= 15 is 0 Å². The third-order valence-corrected chi connectivity index (χ3v) is 6.92. The van der Waals surface area contributed by atoms with Crippen molar-refractivity contribution in [2.24, 2.45) is 5.92 Å². The highest BCUT2D eigenvalue weighted by molar-refractivity contribution is 6.04. The Balaban J connectivity index is 1.47. The van der Waals surface area contributed by atoms with E-state index in [0.717, 1.165) is 17.7 Å². The van der Waals surface area contributed by atoms with Gasteiger partial charge in [-0.05, 0) is 49.2 Å². The minimum Gasteiger partial charge on any atom is -0.395 e. The summed E-state index contributed by atoms with van der Waals surface area (Å²) in [5.74, 6) is -0.744. The lowest BCUT2D eigenvalue weighted by Gasteiger charge is -2.40. The summed E-state index contributed by atoms with van der Waals surface area (Å²) < 4.78 is 44.8. The molecule has 1 saturated heterocycles. The van der Waals surface area contributed by atoms with E-state index in [2.05, 4.69) is 15.3 Å². The SMILES string of the molecule is Cc1ncc(NC(=O)c2cccc(C(F)(F)F)c2)cc1-c1cnc2c(c1)[C@@H]1CCOC[C@H]1C(=O)N2CCO. The van der Waals surface area contributed by atoms with E-state index in [1.165, 1.54) is 23.2 Å². The number of amides is 2. The number of anilines is 2. The van der Waals surface area contributed by atoms with Gasteiger partial charge in [-0.2, -0.15) is 13.2 Å². The standard InChI is InChI=1S/C27H25F3N4O4/c1-15-21(11-19(13-31-15)33-25(36)16-3-2-4-18(9-16)27(28,29)30)17-10-22-20-5-8-38-14-23(20)26(37)34(6-7-35)24(22)32-12-17/h2-4,9-13,20,23,35H,5-8,14H2,1H3,(H,33,36)/t20-,23+/m0/s1. The van der Waals surface area contributed by atoms with Gasteiger partial charge in [-0.25, -0.2) is 4.98 Å². The summed E-state index contributed by atoms with van der Waals surface area (Å²) in [4.78, 5) is 36.2. The van der Waals surface area contributed by atoms with Crippen molar-refractivity contribution in [1.82, 2.24) is 9.97 Å². The van der Waals surface area contributed by atoms with Crippen molar-refractivity contribution in [2.45, 2.75) is 25.4 Å². The fraction of sp³-hybridized carbons (Fsp3) is 0.333. The number of ether oxygens (including phenoxy) is 1. The molecule has 4 heterocycles. The number of aliphatic hydroxyl groups excluding tert-OH is 1. The van der Waals surface area contributed by atoms with Gasteiger partial charge in [0.15, 0.2) is 0 Å². The van der Waals surface area contributed by atoms with E-state index in [-0.39, 0.29) is 36.5 Å². The Kier molecular flexibility index (Phi) is 6.89. The number of aliphatic hydroxyl groups is 1. The molecule has 1 fully saturated rings. The molecule has 3 aromatic rings. The van der Waals surface area contributed by atoms with Crippen molar-refractivity contribution in [3.8, 4) is 11.1 Å². The number of fused-ring (bicyclic) bond motifs is 3. The van der Waals surface area contributed by atoms with Crippen molar-refractivity contribution in [3.63, 3.8) is 0 Å². The summed E-state index contributed by atoms with van der Waals surface area (Å²) in [6.07, 6.45) is -0.855. The number of rotatable bonds is 5. The summed E-state index contributed by atoms with van der Waals surface area (Å²) in [7, 11) is 0. The lowest BCUT2D eigenvalue weighted by Crippen LogP contribution is -2.48. The predicted octanol–water partition coefficient (Wildman–Crippen LogP) is 4.18. The fourth-order valence-electron chi connectivity index (χ4n) is 5.03. The van der Waals surface area contributed by atoms with Crippen LogP contribution in [-0.4, -0.2) is 53.3 Å². The second-order valence-corrected chi connectivity index (χ2v) is 9.32. The molecule has 0 aliphatic carbocycles. The van der Waals surface area contributed by atoms with E-state index < -0.39 is 17.6 Å². The first-order valence-electron chi connectivity index (χ1n) is 12.1. The largest absolute Gasteiger partial charge is 0.416 e. The van der Waals surface area contributed by atoms with Gasteiger partial charge in [0.25, 0.3) is 5.91 Å². The van der Waals surface area contributed by atoms with E-state index in [4.69, 9.17) is 4.74 Å². The van der Waals surface area contributed by atoms with Crippen LogP contribution in [0, 0.1) is 12.8 Å². The van der Waals surface area contributed by atoms with Gasteiger partial charge in [0, 0.05) is 41.1 Å². The smallest absolute Gasteiger partial charge is 0.395 e. The molecule has 2 amide bonds. The highest BCUT2D eigenvalue weighted by atomic mass is 19.4. The third kappa shape index (κ3) is 4.86. The van der Waals surface area contributed by atoms with Gasteiger partial charge >= 0.3 is 6.18 Å². The van der Waals surface area contributed by atoms with Crippen LogP contribution in [0.1, 0.15) is 39.5 Å². The molecular formula is C27H25F3N4O4. The summed E-state index contributed by atoms with van der Waals surface area (Å²) in [6, 6.07) is 7.84. The molecule has 0 unspecified atom stereocenters. The Morgan fingerprint density at radius 2 is 2.00 bits per heavy atom. The lowest BCUT2D eigenvalue weighted by atomic mass is 9.78. The summed E-state index contributed by atoms with van der Waals surface area (Å²) in [5, 5.41) is 12.1. The number of β-amino-alcohol motifs (C(OH)–C–C–N with tert-alkyl or cyclic N) is 1. The van der Waals surface area contributed by atoms with Gasteiger partial charge in [-0.3, -0.25) is 19.5 Å². The van der Waals surface area contributed by atoms with Crippen LogP contribution in [-0.2, 0) is 15.7 Å². The van der Waals surface area contributed by atoms with Crippen LogP contribution in [0.25, 0.3) is 11.1 Å². The van der Waals surface area contributed by atoms with Crippen molar-refractivity contribution in [1.29, 1.82) is 0 Å². The first-order valence-corrected chi connectivity index (χ1v) is 12.1. The molecule has 198 valence electrons. The average molecular weight is 527 g/mol. The quantitative estimate of drug-likeness (QED) is 0.517. The maximum Gasteiger partial charge on any atom is 0.416 e. The van der Waals surface area contributed by atoms with E-state index in [9.17, 15) is 27.9 Å². The van der Waals surface area contributed by atoms with Gasteiger partial charge in [-0.1, -0.05) is 6.07 Å². The number of carbonyl (C=O) groups excluding carboxylic acids is 2. The van der Waals surface area contributed by atoms with E-state index in [1.54, 1.807) is 19.2 Å². The number of benzene rings is 1. The summed E-state index contributed by atoms with van der Waals surface area (Å²) >= 11 is 0. The van der Waals surface area contributed by atoms with Crippen LogP contribution in [0.3, 0.4) is 0 Å². The van der Waals surface area contributed by atoms with Crippen LogP contribution < -0.4 is 10.2 Å². The van der Waals surface area contributed by atoms with Crippen LogP contribution in [0.5, 0.6) is 0 Å². The van der Waals surface area contributed by atoms with Crippen molar-refractivity contribution in [3.05, 3.63) is 71.2 Å². The van der Waals surface area contributed by atoms with Crippen LogP contribution in [0.15, 0.2) is 48.8 Å². The molecule has 11 heteroatoms. The molecule has 1 aromatic carbocycles. The fourth-order valence-corrected chi connectivity index (χ4v) is 5.03. The highest BCUT2D eigenvalue weighted by Gasteiger charge is 2.42. The molecule has 0 saturated carbocycles. The van der Waals surface area contributed by atoms with Crippen LogP contribution in [0.4, 0.5) is 24.7 Å². The Morgan fingerprint density at radius 3 is 2.76 bits per heavy atom. The second-order valence-electron chi connectivity index (χ2n) is 9.32. The monoisotopic (exact) mass is 526 g/mol. The molecule has 8 nitrogen and oxygen atoms in total. The number of nitrogens with zero attached hydrogens (tertiary/aromatic N) is 3. The molecule has 2 N–H and O–H groups in total. The van der Waals surface area contributed by atoms with Crippen LogP contribution >= 0.6 is 0 Å². The molecule has 0 spiro atoms. The molecule has 0 radical (unpaired) electrons. The molecule has 2 aliphatic heterocycles. The molecule has 0 bridgehead atoms. The Morgan fingerprint density at radius 1 is 1.18 bits per heavy atom. The zero-order valence-corrected chi connectivity index (χ0v) is 20.5. The van der Waals surface area contributed by atoms with E-state index in [1.807, 2.05) is 6.07 Å². The third-order valence-electron chi connectivity index (χ3n) is 6.92. The lowest BCUT2D eigenvalue weighted by molar-refractivity contribution is -0.137. The number of halogens is 3. The summed E-state index contributed by atoms with van der Waals surface area (Å²) in [6.45, 7) is 2.54. The number of aromatic nitrogens is 2. The maximum atomic E-state index is 13.1. The van der Waals surface area contributed by atoms with Crippen molar-refractivity contribution >= 4 is 23.3 Å². The molecule has 2 aliphatic rings. The van der Waals surface area contributed by atoms with Gasteiger partial charge in [0.1, 0.15) is 5.82 Å². The molecule has 5 rings (SSSR count). The van der Waals surface area contributed by atoms with Gasteiger partial charge in [0.2, 0.25) is 5.91 Å². The zero-order valence-electron chi connectivity index (χ0n) is 20.5. The number of pyridine rings is 2. The van der Waals surface area contributed by atoms with Crippen LogP contribution in [0.2, 0.25) is 0 Å². The predicted molar refractivity (Wildman–Crippen MR) is 133 cm³/mol. The Hall–Kier alpha value is -3.83. The topological polar surface area (TPSA) is 105 Å². The minimum atomic E-state index is -4.56. The zero-order chi connectivity index (χ0) is 27.0. The molecule has 2 atom stereocenters. The van der Waals surface area contributed by atoms with Gasteiger partial charge in [-0.15, -0.1) is 0 Å². The molecular weight excluding hydrogens is 501 g/mol. The second kappa shape index (κ2) is 10.1. The number of carbonyl (C=O) groups is 2. The van der Waals surface area contributed by atoms with Crippen molar-refractivity contribution < 1.29 is 32.6 Å². The Labute approximate surface area is 216 Å². The first kappa shape index (κ1) is 25.8. The molecule has 2 aromatic heterocycles. The van der Waals surface area contributed by atoms with Crippen molar-refractivity contribution in [2.75, 3.05) is 36.6 Å². The van der Waals surface area contributed by atoms with E-state index in [0.29, 0.717) is 48.0 Å². The molecule has 38 heavy (non-hydrogen) atoms.